The van der Waals surface area contributed by atoms with Crippen molar-refractivity contribution in [3.05, 3.63) is 57.6 Å². The number of nitrogens with one attached hydrogen (secondary N) is 1. The number of hydrogen-bond acceptors (Lipinski definition) is 4. The van der Waals surface area contributed by atoms with E-state index in [1.165, 1.54) is 0 Å². The molecule has 8 heteroatoms. The first kappa shape index (κ1) is 28.8. The molecular formula is C27H36Cl2N2O4. The van der Waals surface area contributed by atoms with E-state index in [4.69, 9.17) is 32.7 Å². The number of carbonyl (C=O) groups excluding carboxylic acids is 2. The lowest BCUT2D eigenvalue weighted by Gasteiger charge is -2.29. The Balaban J connectivity index is 2.18. The van der Waals surface area contributed by atoms with Crippen molar-refractivity contribution in [2.75, 3.05) is 19.8 Å². The molecular weight excluding hydrogens is 487 g/mol. The van der Waals surface area contributed by atoms with Crippen LogP contribution in [-0.4, -0.2) is 42.5 Å². The fourth-order valence-electron chi connectivity index (χ4n) is 3.60. The summed E-state index contributed by atoms with van der Waals surface area (Å²) in [5.74, 6) is 1.05. The molecule has 0 spiro atoms. The van der Waals surface area contributed by atoms with Crippen LogP contribution in [0.4, 0.5) is 0 Å². The molecule has 0 saturated carbocycles. The lowest BCUT2D eigenvalue weighted by atomic mass is 10.1. The van der Waals surface area contributed by atoms with Crippen LogP contribution in [0.5, 0.6) is 11.5 Å². The summed E-state index contributed by atoms with van der Waals surface area (Å²) in [4.78, 5) is 27.7. The molecule has 0 heterocycles. The second kappa shape index (κ2) is 14.8. The molecule has 2 aromatic carbocycles. The van der Waals surface area contributed by atoms with Crippen LogP contribution in [0.3, 0.4) is 0 Å². The van der Waals surface area contributed by atoms with Gasteiger partial charge in [-0.15, -0.1) is 0 Å². The van der Waals surface area contributed by atoms with E-state index in [9.17, 15) is 9.59 Å². The van der Waals surface area contributed by atoms with Gasteiger partial charge in [0.1, 0.15) is 6.04 Å². The van der Waals surface area contributed by atoms with E-state index < -0.39 is 6.04 Å². The maximum Gasteiger partial charge on any atom is 0.242 e. The van der Waals surface area contributed by atoms with Crippen LogP contribution >= 0.6 is 23.2 Å². The maximum atomic E-state index is 13.4. The van der Waals surface area contributed by atoms with Crippen molar-refractivity contribution < 1.29 is 19.1 Å². The zero-order valence-electron chi connectivity index (χ0n) is 21.0. The molecule has 2 rings (SSSR count). The molecule has 1 atom stereocenters. The van der Waals surface area contributed by atoms with Crippen LogP contribution < -0.4 is 14.8 Å². The Bertz CT molecular complexity index is 984. The normalized spacial score (nSPS) is 11.6. The first-order valence-electron chi connectivity index (χ1n) is 12.2. The summed E-state index contributed by atoms with van der Waals surface area (Å²) in [7, 11) is 0. The first-order valence-corrected chi connectivity index (χ1v) is 13.0. The number of benzene rings is 2. The molecule has 0 fully saturated rings. The summed E-state index contributed by atoms with van der Waals surface area (Å²) >= 11 is 12.2. The van der Waals surface area contributed by atoms with Crippen molar-refractivity contribution in [2.24, 2.45) is 0 Å². The van der Waals surface area contributed by atoms with Crippen molar-refractivity contribution in [3.63, 3.8) is 0 Å². The number of carbonyl (C=O) groups is 2. The van der Waals surface area contributed by atoms with Gasteiger partial charge in [0.05, 0.1) is 23.3 Å². The molecule has 1 N–H and O–H groups in total. The number of ether oxygens (including phenoxy) is 2. The zero-order valence-corrected chi connectivity index (χ0v) is 22.5. The Kier molecular flexibility index (Phi) is 12.2. The summed E-state index contributed by atoms with van der Waals surface area (Å²) in [6.45, 7) is 9.55. The van der Waals surface area contributed by atoms with Crippen molar-refractivity contribution >= 4 is 35.0 Å². The van der Waals surface area contributed by atoms with Gasteiger partial charge in [-0.2, -0.15) is 0 Å². The zero-order chi connectivity index (χ0) is 25.8. The van der Waals surface area contributed by atoms with Gasteiger partial charge in [0.15, 0.2) is 11.5 Å². The second-order valence-corrected chi connectivity index (χ2v) is 9.05. The number of rotatable bonds is 14. The standard InChI is InChI=1S/C27H36Cl2N2O4/c1-5-8-15-30-27(33)19(4)31(18-21-9-12-22(28)23(29)16-21)26(32)14-11-20-10-13-24(34-6-2)25(17-20)35-7-3/h9-10,12-13,16-17,19H,5-8,11,14-15,18H2,1-4H3,(H,30,33)/t19-/m1/s1. The molecule has 192 valence electrons. The van der Waals surface area contributed by atoms with Crippen LogP contribution in [0.2, 0.25) is 10.0 Å². The van der Waals surface area contributed by atoms with E-state index in [1.54, 1.807) is 24.0 Å². The number of aryl methyl sites for hydroxylation is 1. The predicted octanol–water partition coefficient (Wildman–Crippen LogP) is 6.06. The van der Waals surface area contributed by atoms with E-state index in [0.717, 1.165) is 24.0 Å². The highest BCUT2D eigenvalue weighted by atomic mass is 35.5. The fourth-order valence-corrected chi connectivity index (χ4v) is 3.92. The molecule has 6 nitrogen and oxygen atoms in total. The Morgan fingerprint density at radius 2 is 1.63 bits per heavy atom. The topological polar surface area (TPSA) is 67.9 Å². The van der Waals surface area contributed by atoms with Gasteiger partial charge in [-0.05, 0) is 69.0 Å². The average Bonchev–Trinajstić information content (AvgIpc) is 2.84. The summed E-state index contributed by atoms with van der Waals surface area (Å²) in [6, 6.07) is 10.3. The molecule has 35 heavy (non-hydrogen) atoms. The average molecular weight is 524 g/mol. The molecule has 0 aromatic heterocycles. The third-order valence-electron chi connectivity index (χ3n) is 5.57. The monoisotopic (exact) mass is 522 g/mol. The maximum absolute atomic E-state index is 13.4. The lowest BCUT2D eigenvalue weighted by molar-refractivity contribution is -0.140. The number of halogens is 2. The van der Waals surface area contributed by atoms with Crippen molar-refractivity contribution in [3.8, 4) is 11.5 Å². The molecule has 0 saturated heterocycles. The minimum atomic E-state index is -0.631. The fraction of sp³-hybridized carbons (Fsp3) is 0.481. The number of amides is 2. The van der Waals surface area contributed by atoms with Crippen LogP contribution in [0, 0.1) is 0 Å². The van der Waals surface area contributed by atoms with Gasteiger partial charge in [-0.3, -0.25) is 9.59 Å². The Hall–Kier alpha value is -2.44. The number of unbranched alkanes of at least 4 members (excludes halogenated alkanes) is 1. The Morgan fingerprint density at radius 3 is 2.29 bits per heavy atom. The molecule has 0 aliphatic carbocycles. The second-order valence-electron chi connectivity index (χ2n) is 8.24. The number of hydrogen-bond donors (Lipinski definition) is 1. The highest BCUT2D eigenvalue weighted by Crippen LogP contribution is 2.29. The summed E-state index contributed by atoms with van der Waals surface area (Å²) in [5.41, 5.74) is 1.76. The van der Waals surface area contributed by atoms with E-state index in [-0.39, 0.29) is 24.8 Å². The van der Waals surface area contributed by atoms with Gasteiger partial charge < -0.3 is 19.7 Å². The van der Waals surface area contributed by atoms with E-state index >= 15 is 0 Å². The predicted molar refractivity (Wildman–Crippen MR) is 141 cm³/mol. The summed E-state index contributed by atoms with van der Waals surface area (Å²) < 4.78 is 11.3. The third-order valence-corrected chi connectivity index (χ3v) is 6.31. The van der Waals surface area contributed by atoms with Gasteiger partial charge in [-0.25, -0.2) is 0 Å². The van der Waals surface area contributed by atoms with Gasteiger partial charge in [-0.1, -0.05) is 48.7 Å². The van der Waals surface area contributed by atoms with Gasteiger partial charge in [0.25, 0.3) is 0 Å². The van der Waals surface area contributed by atoms with Crippen LogP contribution in [0.25, 0.3) is 0 Å². The molecule has 0 bridgehead atoms. The van der Waals surface area contributed by atoms with Gasteiger partial charge in [0, 0.05) is 19.5 Å². The highest BCUT2D eigenvalue weighted by Gasteiger charge is 2.26. The van der Waals surface area contributed by atoms with E-state index in [1.807, 2.05) is 38.1 Å². The van der Waals surface area contributed by atoms with E-state index in [0.29, 0.717) is 47.7 Å². The molecule has 0 radical (unpaired) electrons. The van der Waals surface area contributed by atoms with Gasteiger partial charge >= 0.3 is 0 Å². The minimum Gasteiger partial charge on any atom is -0.490 e. The van der Waals surface area contributed by atoms with E-state index in [2.05, 4.69) is 12.2 Å². The summed E-state index contributed by atoms with van der Waals surface area (Å²) in [6.07, 6.45) is 2.62. The molecule has 0 aliphatic heterocycles. The lowest BCUT2D eigenvalue weighted by Crippen LogP contribution is -2.47. The van der Waals surface area contributed by atoms with Crippen molar-refractivity contribution in [2.45, 2.75) is 66.0 Å². The summed E-state index contributed by atoms with van der Waals surface area (Å²) in [5, 5.41) is 3.78. The van der Waals surface area contributed by atoms with Crippen LogP contribution in [0.15, 0.2) is 36.4 Å². The highest BCUT2D eigenvalue weighted by molar-refractivity contribution is 6.42. The molecule has 0 unspecified atom stereocenters. The van der Waals surface area contributed by atoms with Crippen LogP contribution in [-0.2, 0) is 22.6 Å². The molecule has 0 aliphatic rings. The Labute approximate surface area is 218 Å². The first-order chi connectivity index (χ1) is 16.8. The third kappa shape index (κ3) is 8.93. The SMILES string of the molecule is CCCCNC(=O)[C@@H](C)N(Cc1ccc(Cl)c(Cl)c1)C(=O)CCc1ccc(OCC)c(OCC)c1. The van der Waals surface area contributed by atoms with Crippen LogP contribution in [0.1, 0.15) is 58.1 Å². The van der Waals surface area contributed by atoms with Crippen molar-refractivity contribution in [1.82, 2.24) is 10.2 Å². The molecule has 2 aromatic rings. The smallest absolute Gasteiger partial charge is 0.242 e. The largest absolute Gasteiger partial charge is 0.490 e. The van der Waals surface area contributed by atoms with Crippen molar-refractivity contribution in [1.29, 1.82) is 0 Å². The van der Waals surface area contributed by atoms with Gasteiger partial charge in [0.2, 0.25) is 11.8 Å². The quantitative estimate of drug-likeness (QED) is 0.306. The minimum absolute atomic E-state index is 0.124. The Morgan fingerprint density at radius 1 is 0.943 bits per heavy atom. The molecule has 2 amide bonds. The number of nitrogens with zero attached hydrogens (tertiary/aromatic N) is 1.